The normalized spacial score (nSPS) is 10.2. The van der Waals surface area contributed by atoms with Crippen molar-refractivity contribution in [3.8, 4) is 0 Å². The van der Waals surface area contributed by atoms with Gasteiger partial charge in [0, 0.05) is 29.4 Å². The number of benzene rings is 2. The van der Waals surface area contributed by atoms with Gasteiger partial charge in [0.1, 0.15) is 5.82 Å². The van der Waals surface area contributed by atoms with Crippen LogP contribution >= 0.6 is 0 Å². The Kier molecular flexibility index (Phi) is 4.03. The van der Waals surface area contributed by atoms with Crippen LogP contribution in [0.15, 0.2) is 36.4 Å². The van der Waals surface area contributed by atoms with Gasteiger partial charge in [0.05, 0.1) is 5.71 Å². The number of hydrogen-bond donors (Lipinski definition) is 3. The van der Waals surface area contributed by atoms with Crippen LogP contribution in [0.1, 0.15) is 23.6 Å². The molecule has 0 heterocycles. The molecule has 108 valence electrons. The van der Waals surface area contributed by atoms with Crippen LogP contribution in [0.25, 0.3) is 0 Å². The summed E-state index contributed by atoms with van der Waals surface area (Å²) in [5.41, 5.74) is 8.57. The van der Waals surface area contributed by atoms with Gasteiger partial charge in [-0.15, -0.1) is 0 Å². The second kappa shape index (κ2) is 5.75. The Morgan fingerprint density at radius 2 is 1.95 bits per heavy atom. The van der Waals surface area contributed by atoms with E-state index in [9.17, 15) is 9.18 Å². The minimum atomic E-state index is -0.397. The molecular weight excluding hydrogens is 269 g/mol. The van der Waals surface area contributed by atoms with Gasteiger partial charge in [-0.3, -0.25) is 10.2 Å². The topological polar surface area (TPSA) is 79.0 Å². The maximum Gasteiger partial charge on any atom is 0.221 e. The molecule has 2 rings (SSSR count). The second-order valence-electron chi connectivity index (χ2n) is 4.88. The summed E-state index contributed by atoms with van der Waals surface area (Å²) in [4.78, 5) is 11.1. The number of halogens is 1. The van der Waals surface area contributed by atoms with Crippen molar-refractivity contribution in [2.24, 2.45) is 0 Å². The van der Waals surface area contributed by atoms with Gasteiger partial charge in [0.25, 0.3) is 0 Å². The van der Waals surface area contributed by atoms with E-state index in [0.29, 0.717) is 22.5 Å². The molecule has 5 heteroatoms. The molecule has 1 amide bonds. The van der Waals surface area contributed by atoms with Gasteiger partial charge in [-0.05, 0) is 48.9 Å². The first-order valence-corrected chi connectivity index (χ1v) is 6.40. The molecule has 0 bridgehead atoms. The van der Waals surface area contributed by atoms with Gasteiger partial charge in [-0.25, -0.2) is 4.39 Å². The van der Waals surface area contributed by atoms with Gasteiger partial charge in [0.15, 0.2) is 0 Å². The van der Waals surface area contributed by atoms with Crippen molar-refractivity contribution in [3.63, 3.8) is 0 Å². The Balaban J connectivity index is 2.44. The van der Waals surface area contributed by atoms with Crippen LogP contribution in [0.4, 0.5) is 15.8 Å². The fourth-order valence-corrected chi connectivity index (χ4v) is 2.09. The van der Waals surface area contributed by atoms with E-state index >= 15 is 0 Å². The number of nitrogens with two attached hydrogens (primary N) is 1. The number of hydrogen-bond acceptors (Lipinski definition) is 3. The van der Waals surface area contributed by atoms with E-state index in [2.05, 4.69) is 5.32 Å². The van der Waals surface area contributed by atoms with Crippen molar-refractivity contribution in [1.29, 1.82) is 5.41 Å². The van der Waals surface area contributed by atoms with Crippen molar-refractivity contribution in [3.05, 3.63) is 58.9 Å². The third-order valence-electron chi connectivity index (χ3n) is 2.97. The van der Waals surface area contributed by atoms with E-state index in [1.807, 2.05) is 0 Å². The predicted molar refractivity (Wildman–Crippen MR) is 82.2 cm³/mol. The molecule has 4 N–H and O–H groups in total. The minimum Gasteiger partial charge on any atom is -0.398 e. The number of amides is 1. The first kappa shape index (κ1) is 14.7. The highest BCUT2D eigenvalue weighted by Gasteiger charge is 2.11. The average molecular weight is 285 g/mol. The van der Waals surface area contributed by atoms with Gasteiger partial charge in [-0.2, -0.15) is 0 Å². The fourth-order valence-electron chi connectivity index (χ4n) is 2.09. The number of carbonyl (C=O) groups excluding carboxylic acids is 1. The smallest absolute Gasteiger partial charge is 0.221 e. The zero-order valence-electron chi connectivity index (χ0n) is 11.8. The first-order chi connectivity index (χ1) is 9.86. The van der Waals surface area contributed by atoms with Crippen LogP contribution in [0.3, 0.4) is 0 Å². The molecule has 0 aliphatic carbocycles. The number of anilines is 2. The van der Waals surface area contributed by atoms with E-state index < -0.39 is 5.82 Å². The highest BCUT2D eigenvalue weighted by molar-refractivity contribution is 6.14. The molecule has 2 aromatic carbocycles. The standard InChI is InChI=1S/C16H16FN3O/c1-9-5-11(7-12(17)6-9)16(19)14-8-13(20-10(2)21)3-4-15(14)18/h3-8,19H,18H2,1-2H3,(H,20,21). The van der Waals surface area contributed by atoms with Crippen LogP contribution in [-0.4, -0.2) is 11.6 Å². The SMILES string of the molecule is CC(=O)Nc1ccc(N)c(C(=N)c2cc(C)cc(F)c2)c1. The van der Waals surface area contributed by atoms with Crippen LogP contribution in [-0.2, 0) is 4.79 Å². The maximum absolute atomic E-state index is 13.5. The summed E-state index contributed by atoms with van der Waals surface area (Å²) in [5, 5.41) is 10.9. The summed E-state index contributed by atoms with van der Waals surface area (Å²) >= 11 is 0. The fraction of sp³-hybridized carbons (Fsp3) is 0.125. The van der Waals surface area contributed by atoms with E-state index in [4.69, 9.17) is 11.1 Å². The van der Waals surface area contributed by atoms with Crippen molar-refractivity contribution < 1.29 is 9.18 Å². The molecule has 0 aliphatic heterocycles. The van der Waals surface area contributed by atoms with Gasteiger partial charge in [0.2, 0.25) is 5.91 Å². The first-order valence-electron chi connectivity index (χ1n) is 6.40. The summed E-state index contributed by atoms with van der Waals surface area (Å²) in [6.07, 6.45) is 0. The highest BCUT2D eigenvalue weighted by atomic mass is 19.1. The molecule has 0 fully saturated rings. The summed E-state index contributed by atoms with van der Waals surface area (Å²) in [7, 11) is 0. The molecule has 0 aliphatic rings. The third kappa shape index (κ3) is 3.45. The number of aryl methyl sites for hydroxylation is 1. The van der Waals surface area contributed by atoms with E-state index in [-0.39, 0.29) is 11.6 Å². The second-order valence-corrected chi connectivity index (χ2v) is 4.88. The Morgan fingerprint density at radius 3 is 2.57 bits per heavy atom. The molecule has 0 aromatic heterocycles. The van der Waals surface area contributed by atoms with Crippen LogP contribution < -0.4 is 11.1 Å². The molecule has 0 saturated heterocycles. The van der Waals surface area contributed by atoms with Gasteiger partial charge in [-0.1, -0.05) is 0 Å². The number of nitrogen functional groups attached to an aromatic ring is 1. The lowest BCUT2D eigenvalue weighted by Gasteiger charge is -2.11. The summed E-state index contributed by atoms with van der Waals surface area (Å²) < 4.78 is 13.5. The van der Waals surface area contributed by atoms with E-state index in [1.54, 1.807) is 31.2 Å². The highest BCUT2D eigenvalue weighted by Crippen LogP contribution is 2.22. The largest absolute Gasteiger partial charge is 0.398 e. The average Bonchev–Trinajstić information content (AvgIpc) is 2.38. The van der Waals surface area contributed by atoms with Gasteiger partial charge >= 0.3 is 0 Å². The van der Waals surface area contributed by atoms with E-state index in [0.717, 1.165) is 5.56 Å². The Labute approximate surface area is 122 Å². The summed E-state index contributed by atoms with van der Waals surface area (Å²) in [6.45, 7) is 3.16. The quantitative estimate of drug-likeness (QED) is 0.598. The van der Waals surface area contributed by atoms with Crippen molar-refractivity contribution in [2.45, 2.75) is 13.8 Å². The molecule has 0 unspecified atom stereocenters. The summed E-state index contributed by atoms with van der Waals surface area (Å²) in [6, 6.07) is 9.29. The monoisotopic (exact) mass is 285 g/mol. The Hall–Kier alpha value is -2.69. The third-order valence-corrected chi connectivity index (χ3v) is 2.97. The molecule has 4 nitrogen and oxygen atoms in total. The minimum absolute atomic E-state index is 0.113. The zero-order chi connectivity index (χ0) is 15.6. The van der Waals surface area contributed by atoms with Crippen LogP contribution in [0.5, 0.6) is 0 Å². The Bertz CT molecular complexity index is 705. The molecule has 0 radical (unpaired) electrons. The number of nitrogens with one attached hydrogen (secondary N) is 2. The molecule has 0 saturated carbocycles. The molecule has 2 aromatic rings. The molecule has 0 spiro atoms. The van der Waals surface area contributed by atoms with Crippen LogP contribution in [0.2, 0.25) is 0 Å². The lowest BCUT2D eigenvalue weighted by atomic mass is 9.99. The van der Waals surface area contributed by atoms with E-state index in [1.165, 1.54) is 19.1 Å². The molecular formula is C16H16FN3O. The van der Waals surface area contributed by atoms with Crippen molar-refractivity contribution in [2.75, 3.05) is 11.1 Å². The number of carbonyl (C=O) groups is 1. The Morgan fingerprint density at radius 1 is 1.24 bits per heavy atom. The zero-order valence-corrected chi connectivity index (χ0v) is 11.8. The van der Waals surface area contributed by atoms with Crippen LogP contribution in [0, 0.1) is 18.2 Å². The molecule has 0 atom stereocenters. The summed E-state index contributed by atoms with van der Waals surface area (Å²) in [5.74, 6) is -0.606. The lowest BCUT2D eigenvalue weighted by molar-refractivity contribution is -0.114. The van der Waals surface area contributed by atoms with Crippen molar-refractivity contribution >= 4 is 23.0 Å². The maximum atomic E-state index is 13.5. The molecule has 21 heavy (non-hydrogen) atoms. The predicted octanol–water partition coefficient (Wildman–Crippen LogP) is 3.09. The lowest BCUT2D eigenvalue weighted by Crippen LogP contribution is -2.10. The van der Waals surface area contributed by atoms with Crippen molar-refractivity contribution in [1.82, 2.24) is 0 Å². The number of rotatable bonds is 3. The van der Waals surface area contributed by atoms with Gasteiger partial charge < -0.3 is 11.1 Å².